The van der Waals surface area contributed by atoms with E-state index in [-0.39, 0.29) is 0 Å². The van der Waals surface area contributed by atoms with Crippen molar-refractivity contribution in [3.05, 3.63) is 0 Å². The Morgan fingerprint density at radius 2 is 1.59 bits per heavy atom. The summed E-state index contributed by atoms with van der Waals surface area (Å²) in [7, 11) is 2.23. The highest BCUT2D eigenvalue weighted by atomic mass is 16.4. The van der Waals surface area contributed by atoms with Crippen molar-refractivity contribution in [1.82, 2.24) is 9.80 Å². The van der Waals surface area contributed by atoms with Crippen molar-refractivity contribution >= 4 is 6.09 Å². The molecule has 1 saturated carbocycles. The van der Waals surface area contributed by atoms with Crippen LogP contribution in [0.5, 0.6) is 0 Å². The third-order valence-corrected chi connectivity index (χ3v) is 4.46. The fourth-order valence-electron chi connectivity index (χ4n) is 3.25. The molecule has 4 heteroatoms. The van der Waals surface area contributed by atoms with E-state index in [4.69, 9.17) is 5.11 Å². The number of carbonyl (C=O) groups is 1. The van der Waals surface area contributed by atoms with Crippen LogP contribution in [0.2, 0.25) is 0 Å². The number of piperidine rings is 1. The van der Waals surface area contributed by atoms with E-state index in [0.29, 0.717) is 19.1 Å². The zero-order valence-electron chi connectivity index (χ0n) is 10.8. The van der Waals surface area contributed by atoms with Crippen LogP contribution in [0.15, 0.2) is 0 Å². The largest absolute Gasteiger partial charge is 0.465 e. The molecule has 2 fully saturated rings. The molecule has 2 aliphatic rings. The summed E-state index contributed by atoms with van der Waals surface area (Å²) in [5, 5.41) is 8.92. The lowest BCUT2D eigenvalue weighted by Crippen LogP contribution is -2.48. The highest BCUT2D eigenvalue weighted by Gasteiger charge is 2.28. The van der Waals surface area contributed by atoms with Gasteiger partial charge in [0.15, 0.2) is 0 Å². The van der Waals surface area contributed by atoms with Crippen LogP contribution in [0.4, 0.5) is 4.79 Å². The predicted molar refractivity (Wildman–Crippen MR) is 67.3 cm³/mol. The second kappa shape index (κ2) is 5.71. The third kappa shape index (κ3) is 3.12. The van der Waals surface area contributed by atoms with Gasteiger partial charge in [-0.3, -0.25) is 0 Å². The van der Waals surface area contributed by atoms with Crippen molar-refractivity contribution < 1.29 is 9.90 Å². The second-order valence-electron chi connectivity index (χ2n) is 5.46. The maximum absolute atomic E-state index is 10.8. The molecule has 1 aliphatic carbocycles. The Morgan fingerprint density at radius 3 is 2.12 bits per heavy atom. The molecule has 0 bridgehead atoms. The maximum atomic E-state index is 10.8. The molecule has 1 heterocycles. The average Bonchev–Trinajstić information content (AvgIpc) is 2.39. The van der Waals surface area contributed by atoms with E-state index < -0.39 is 6.09 Å². The van der Waals surface area contributed by atoms with Crippen LogP contribution in [-0.4, -0.2) is 53.2 Å². The quantitative estimate of drug-likeness (QED) is 0.806. The molecule has 1 saturated heterocycles. The monoisotopic (exact) mass is 240 g/mol. The van der Waals surface area contributed by atoms with Gasteiger partial charge in [0.1, 0.15) is 0 Å². The summed E-state index contributed by atoms with van der Waals surface area (Å²) in [6.07, 6.45) is 8.02. The Kier molecular flexibility index (Phi) is 4.26. The Balaban J connectivity index is 1.81. The Labute approximate surface area is 104 Å². The van der Waals surface area contributed by atoms with Crippen molar-refractivity contribution in [3.8, 4) is 0 Å². The first kappa shape index (κ1) is 12.7. The molecule has 1 amide bonds. The van der Waals surface area contributed by atoms with Crippen molar-refractivity contribution in [2.24, 2.45) is 0 Å². The minimum absolute atomic E-state index is 0.591. The number of hydrogen-bond donors (Lipinski definition) is 1. The highest BCUT2D eigenvalue weighted by molar-refractivity contribution is 5.65. The third-order valence-electron chi connectivity index (χ3n) is 4.46. The van der Waals surface area contributed by atoms with Gasteiger partial charge >= 0.3 is 6.09 Å². The summed E-state index contributed by atoms with van der Waals surface area (Å²) >= 11 is 0. The normalized spacial score (nSPS) is 24.2. The van der Waals surface area contributed by atoms with Crippen LogP contribution >= 0.6 is 0 Å². The van der Waals surface area contributed by atoms with Crippen molar-refractivity contribution in [3.63, 3.8) is 0 Å². The van der Waals surface area contributed by atoms with Gasteiger partial charge in [0.2, 0.25) is 0 Å². The van der Waals surface area contributed by atoms with Crippen LogP contribution < -0.4 is 0 Å². The molecule has 2 rings (SSSR count). The van der Waals surface area contributed by atoms with Gasteiger partial charge in [-0.05, 0) is 32.7 Å². The van der Waals surface area contributed by atoms with Crippen molar-refractivity contribution in [2.75, 3.05) is 20.1 Å². The molecule has 0 unspecified atom stereocenters. The zero-order valence-corrected chi connectivity index (χ0v) is 10.8. The average molecular weight is 240 g/mol. The lowest BCUT2D eigenvalue weighted by Gasteiger charge is -2.41. The first-order chi connectivity index (χ1) is 8.18. The molecule has 0 atom stereocenters. The molecule has 0 aromatic rings. The standard InChI is InChI=1S/C13H24N2O2/c1-14(11-5-3-2-4-6-11)12-7-9-15(10-8-12)13(16)17/h11-12H,2-10H2,1H3,(H,16,17). The van der Waals surface area contributed by atoms with Crippen LogP contribution in [0.1, 0.15) is 44.9 Å². The summed E-state index contributed by atoms with van der Waals surface area (Å²) < 4.78 is 0. The van der Waals surface area contributed by atoms with Crippen LogP contribution in [0.25, 0.3) is 0 Å². The number of rotatable bonds is 2. The molecule has 0 aromatic heterocycles. The van der Waals surface area contributed by atoms with Crippen molar-refractivity contribution in [1.29, 1.82) is 0 Å². The van der Waals surface area contributed by atoms with Crippen LogP contribution in [0.3, 0.4) is 0 Å². The summed E-state index contributed by atoms with van der Waals surface area (Å²) in [6, 6.07) is 1.33. The summed E-state index contributed by atoms with van der Waals surface area (Å²) in [4.78, 5) is 14.9. The minimum Gasteiger partial charge on any atom is -0.465 e. The number of amides is 1. The van der Waals surface area contributed by atoms with Gasteiger partial charge in [0.25, 0.3) is 0 Å². The van der Waals surface area contributed by atoms with Crippen molar-refractivity contribution in [2.45, 2.75) is 57.0 Å². The first-order valence-corrected chi connectivity index (χ1v) is 6.88. The first-order valence-electron chi connectivity index (χ1n) is 6.88. The zero-order chi connectivity index (χ0) is 12.3. The van der Waals surface area contributed by atoms with E-state index in [0.717, 1.165) is 18.9 Å². The number of hydrogen-bond acceptors (Lipinski definition) is 2. The fraction of sp³-hybridized carbons (Fsp3) is 0.923. The number of carboxylic acid groups (broad SMARTS) is 1. The minimum atomic E-state index is -0.760. The fourth-order valence-corrected chi connectivity index (χ4v) is 3.25. The van der Waals surface area contributed by atoms with E-state index >= 15 is 0 Å². The predicted octanol–water partition coefficient (Wildman–Crippen LogP) is 2.39. The lowest BCUT2D eigenvalue weighted by molar-refractivity contribution is 0.0757. The molecule has 1 N–H and O–H groups in total. The summed E-state index contributed by atoms with van der Waals surface area (Å²) in [6.45, 7) is 1.41. The van der Waals surface area contributed by atoms with Gasteiger partial charge in [-0.15, -0.1) is 0 Å². The molecule has 98 valence electrons. The number of nitrogens with zero attached hydrogens (tertiary/aromatic N) is 2. The molecule has 1 aliphatic heterocycles. The second-order valence-corrected chi connectivity index (χ2v) is 5.46. The lowest BCUT2D eigenvalue weighted by atomic mass is 9.92. The van der Waals surface area contributed by atoms with Gasteiger partial charge in [-0.1, -0.05) is 19.3 Å². The van der Waals surface area contributed by atoms with E-state index in [9.17, 15) is 4.79 Å². The van der Waals surface area contributed by atoms with E-state index in [1.807, 2.05) is 0 Å². The van der Waals surface area contributed by atoms with E-state index in [1.54, 1.807) is 4.90 Å². The molecule has 0 radical (unpaired) electrons. The summed E-state index contributed by atoms with van der Waals surface area (Å²) in [5.41, 5.74) is 0. The van der Waals surface area contributed by atoms with Gasteiger partial charge in [0, 0.05) is 25.2 Å². The number of likely N-dealkylation sites (tertiary alicyclic amines) is 1. The maximum Gasteiger partial charge on any atom is 0.407 e. The van der Waals surface area contributed by atoms with Gasteiger partial charge in [-0.2, -0.15) is 0 Å². The van der Waals surface area contributed by atoms with Gasteiger partial charge in [-0.25, -0.2) is 4.79 Å². The topological polar surface area (TPSA) is 43.8 Å². The molecular weight excluding hydrogens is 216 g/mol. The molecular formula is C13H24N2O2. The molecule has 4 nitrogen and oxygen atoms in total. The highest BCUT2D eigenvalue weighted by Crippen LogP contribution is 2.26. The van der Waals surface area contributed by atoms with Crippen LogP contribution in [0, 0.1) is 0 Å². The van der Waals surface area contributed by atoms with Gasteiger partial charge < -0.3 is 14.9 Å². The smallest absolute Gasteiger partial charge is 0.407 e. The van der Waals surface area contributed by atoms with Gasteiger partial charge in [0.05, 0.1) is 0 Å². The Hall–Kier alpha value is -0.770. The summed E-state index contributed by atoms with van der Waals surface area (Å²) in [5.74, 6) is 0. The van der Waals surface area contributed by atoms with E-state index in [1.165, 1.54) is 32.1 Å². The molecule has 17 heavy (non-hydrogen) atoms. The molecule has 0 aromatic carbocycles. The van der Waals surface area contributed by atoms with Crippen LogP contribution in [-0.2, 0) is 0 Å². The Bertz CT molecular complexity index is 256. The molecule has 0 spiro atoms. The Morgan fingerprint density at radius 1 is 1.06 bits per heavy atom. The SMILES string of the molecule is CN(C1CCCCC1)C1CCN(C(=O)O)CC1. The van der Waals surface area contributed by atoms with E-state index in [2.05, 4.69) is 11.9 Å².